The van der Waals surface area contributed by atoms with E-state index >= 15 is 0 Å². The predicted octanol–water partition coefficient (Wildman–Crippen LogP) is 4.15. The maximum atomic E-state index is 12.0. The number of nitrogens with zero attached hydrogens (tertiary/aromatic N) is 1. The molecular weight excluding hydrogens is 314 g/mol. The van der Waals surface area contributed by atoms with Crippen molar-refractivity contribution in [3.8, 4) is 5.75 Å². The van der Waals surface area contributed by atoms with Gasteiger partial charge in [-0.05, 0) is 55.0 Å². The third-order valence-corrected chi connectivity index (χ3v) is 3.55. The summed E-state index contributed by atoms with van der Waals surface area (Å²) in [5, 5.41) is 6.03. The summed E-state index contributed by atoms with van der Waals surface area (Å²) in [5.74, 6) is 0.943. The van der Waals surface area contributed by atoms with Crippen LogP contribution in [0.2, 0.25) is 0 Å². The Bertz CT molecular complexity index is 833. The largest absolute Gasteiger partial charge is 0.484 e. The molecule has 0 saturated heterocycles. The highest BCUT2D eigenvalue weighted by Gasteiger charge is 2.06. The normalized spacial score (nSPS) is 10.1. The molecule has 3 rings (SSSR count). The lowest BCUT2D eigenvalue weighted by Crippen LogP contribution is -2.21. The van der Waals surface area contributed by atoms with Crippen molar-refractivity contribution in [3.63, 3.8) is 0 Å². The number of carbonyl (C=O) groups is 1. The minimum absolute atomic E-state index is 0.0680. The number of hydrogen-bond donors (Lipinski definition) is 2. The molecule has 5 heteroatoms. The van der Waals surface area contributed by atoms with Crippen LogP contribution in [0, 0.1) is 6.92 Å². The van der Waals surface area contributed by atoms with Crippen molar-refractivity contribution in [2.24, 2.45) is 0 Å². The summed E-state index contributed by atoms with van der Waals surface area (Å²) in [6, 6.07) is 21.1. The molecule has 2 aromatic carbocycles. The molecule has 0 saturated carbocycles. The molecule has 0 fully saturated rings. The highest BCUT2D eigenvalue weighted by Crippen LogP contribution is 2.20. The first-order valence-corrected chi connectivity index (χ1v) is 7.97. The van der Waals surface area contributed by atoms with E-state index in [1.54, 1.807) is 6.20 Å². The van der Waals surface area contributed by atoms with Gasteiger partial charge >= 0.3 is 0 Å². The van der Waals surface area contributed by atoms with Crippen molar-refractivity contribution >= 4 is 23.1 Å². The molecule has 2 N–H and O–H groups in total. The summed E-state index contributed by atoms with van der Waals surface area (Å²) < 4.78 is 5.52. The first-order chi connectivity index (χ1) is 12.2. The Balaban J connectivity index is 1.51. The molecule has 0 spiro atoms. The number of anilines is 3. The zero-order valence-corrected chi connectivity index (χ0v) is 13.9. The Morgan fingerprint density at radius 2 is 1.68 bits per heavy atom. The topological polar surface area (TPSA) is 63.2 Å². The van der Waals surface area contributed by atoms with Crippen LogP contribution in [0.4, 0.5) is 17.2 Å². The standard InChI is InChI=1S/C20H19N3O2/c1-15-6-5-13-21-20(15)23-19(24)14-25-18-11-9-17(10-12-18)22-16-7-3-2-4-8-16/h2-13,22H,14H2,1H3,(H,21,23,24). The molecular formula is C20H19N3O2. The van der Waals surface area contributed by atoms with Crippen molar-refractivity contribution in [2.75, 3.05) is 17.2 Å². The fraction of sp³-hybridized carbons (Fsp3) is 0.100. The second kappa shape index (κ2) is 7.97. The van der Waals surface area contributed by atoms with Crippen molar-refractivity contribution in [2.45, 2.75) is 6.92 Å². The predicted molar refractivity (Wildman–Crippen MR) is 99.3 cm³/mol. The minimum Gasteiger partial charge on any atom is -0.484 e. The van der Waals surface area contributed by atoms with Gasteiger partial charge in [-0.3, -0.25) is 4.79 Å². The van der Waals surface area contributed by atoms with Crippen LogP contribution in [0.1, 0.15) is 5.56 Å². The second-order valence-corrected chi connectivity index (χ2v) is 5.52. The summed E-state index contributed by atoms with van der Waals surface area (Å²) in [5.41, 5.74) is 2.88. The van der Waals surface area contributed by atoms with Crippen LogP contribution in [-0.4, -0.2) is 17.5 Å². The Hall–Kier alpha value is -3.34. The van der Waals surface area contributed by atoms with Crippen molar-refractivity contribution in [1.29, 1.82) is 0 Å². The Morgan fingerprint density at radius 1 is 0.960 bits per heavy atom. The number of para-hydroxylation sites is 1. The molecule has 0 atom stereocenters. The van der Waals surface area contributed by atoms with Gasteiger partial charge < -0.3 is 15.4 Å². The highest BCUT2D eigenvalue weighted by atomic mass is 16.5. The van der Waals surface area contributed by atoms with Gasteiger partial charge in [-0.25, -0.2) is 4.98 Å². The van der Waals surface area contributed by atoms with Gasteiger partial charge in [0.2, 0.25) is 0 Å². The average molecular weight is 333 g/mol. The molecule has 126 valence electrons. The van der Waals surface area contributed by atoms with Gasteiger partial charge in [0.05, 0.1) is 0 Å². The van der Waals surface area contributed by atoms with Gasteiger partial charge in [0.15, 0.2) is 6.61 Å². The van der Waals surface area contributed by atoms with E-state index < -0.39 is 0 Å². The smallest absolute Gasteiger partial charge is 0.263 e. The number of benzene rings is 2. The zero-order chi connectivity index (χ0) is 17.5. The number of pyridine rings is 1. The molecule has 0 unspecified atom stereocenters. The van der Waals surface area contributed by atoms with Crippen LogP contribution in [0.5, 0.6) is 5.75 Å². The molecule has 0 bridgehead atoms. The summed E-state index contributed by atoms with van der Waals surface area (Å²) in [6.07, 6.45) is 1.64. The van der Waals surface area contributed by atoms with Crippen LogP contribution in [0.25, 0.3) is 0 Å². The number of hydrogen-bond acceptors (Lipinski definition) is 4. The van der Waals surface area contributed by atoms with Crippen LogP contribution < -0.4 is 15.4 Å². The quantitative estimate of drug-likeness (QED) is 0.711. The number of ether oxygens (including phenoxy) is 1. The van der Waals surface area contributed by atoms with E-state index in [9.17, 15) is 4.79 Å². The van der Waals surface area contributed by atoms with Crippen LogP contribution >= 0.6 is 0 Å². The summed E-state index contributed by atoms with van der Waals surface area (Å²) in [6.45, 7) is 1.82. The molecule has 1 amide bonds. The van der Waals surface area contributed by atoms with E-state index in [0.717, 1.165) is 16.9 Å². The van der Waals surface area contributed by atoms with E-state index in [4.69, 9.17) is 4.74 Å². The van der Waals surface area contributed by atoms with E-state index in [-0.39, 0.29) is 12.5 Å². The van der Waals surface area contributed by atoms with Crippen LogP contribution in [0.3, 0.4) is 0 Å². The van der Waals surface area contributed by atoms with E-state index in [2.05, 4.69) is 15.6 Å². The van der Waals surface area contributed by atoms with Crippen LogP contribution in [0.15, 0.2) is 72.9 Å². The second-order valence-electron chi connectivity index (χ2n) is 5.52. The van der Waals surface area contributed by atoms with E-state index in [0.29, 0.717) is 11.6 Å². The Morgan fingerprint density at radius 3 is 2.40 bits per heavy atom. The number of amides is 1. The van der Waals surface area contributed by atoms with E-state index in [1.165, 1.54) is 0 Å². The fourth-order valence-corrected chi connectivity index (χ4v) is 2.26. The summed E-state index contributed by atoms with van der Waals surface area (Å²) in [4.78, 5) is 16.1. The van der Waals surface area contributed by atoms with E-state index in [1.807, 2.05) is 73.7 Å². The lowest BCUT2D eigenvalue weighted by Gasteiger charge is -2.10. The third-order valence-electron chi connectivity index (χ3n) is 3.55. The number of carbonyl (C=O) groups excluding carboxylic acids is 1. The molecule has 3 aromatic rings. The lowest BCUT2D eigenvalue weighted by molar-refractivity contribution is -0.118. The molecule has 1 aromatic heterocycles. The molecule has 0 aliphatic heterocycles. The van der Waals surface area contributed by atoms with Crippen molar-refractivity contribution in [1.82, 2.24) is 4.98 Å². The number of nitrogens with one attached hydrogen (secondary N) is 2. The lowest BCUT2D eigenvalue weighted by atomic mass is 10.2. The summed E-state index contributed by atoms with van der Waals surface area (Å²) >= 11 is 0. The molecule has 25 heavy (non-hydrogen) atoms. The Labute approximate surface area is 146 Å². The minimum atomic E-state index is -0.242. The first kappa shape index (κ1) is 16.5. The van der Waals surface area contributed by atoms with Crippen molar-refractivity contribution < 1.29 is 9.53 Å². The zero-order valence-electron chi connectivity index (χ0n) is 13.9. The van der Waals surface area contributed by atoms with Gasteiger partial charge in [0.1, 0.15) is 11.6 Å². The molecule has 0 radical (unpaired) electrons. The highest BCUT2D eigenvalue weighted by molar-refractivity contribution is 5.91. The van der Waals surface area contributed by atoms with Gasteiger partial charge in [-0.2, -0.15) is 0 Å². The SMILES string of the molecule is Cc1cccnc1NC(=O)COc1ccc(Nc2ccccc2)cc1. The van der Waals surface area contributed by atoms with Gasteiger partial charge in [0, 0.05) is 17.6 Å². The van der Waals surface area contributed by atoms with Gasteiger partial charge in [-0.15, -0.1) is 0 Å². The van der Waals surface area contributed by atoms with Crippen LogP contribution in [-0.2, 0) is 4.79 Å². The molecule has 5 nitrogen and oxygen atoms in total. The molecule has 0 aliphatic rings. The number of aryl methyl sites for hydroxylation is 1. The monoisotopic (exact) mass is 333 g/mol. The summed E-state index contributed by atoms with van der Waals surface area (Å²) in [7, 11) is 0. The number of aromatic nitrogens is 1. The first-order valence-electron chi connectivity index (χ1n) is 7.97. The van der Waals surface area contributed by atoms with Gasteiger partial charge in [0.25, 0.3) is 5.91 Å². The maximum absolute atomic E-state index is 12.0. The fourth-order valence-electron chi connectivity index (χ4n) is 2.26. The van der Waals surface area contributed by atoms with Gasteiger partial charge in [-0.1, -0.05) is 24.3 Å². The Kier molecular flexibility index (Phi) is 5.26. The third kappa shape index (κ3) is 4.81. The molecule has 1 heterocycles. The number of rotatable bonds is 6. The maximum Gasteiger partial charge on any atom is 0.263 e. The average Bonchev–Trinajstić information content (AvgIpc) is 2.64. The van der Waals surface area contributed by atoms with Crippen molar-refractivity contribution in [3.05, 3.63) is 78.5 Å². The molecule has 0 aliphatic carbocycles.